The predicted octanol–water partition coefficient (Wildman–Crippen LogP) is 1.89. The average molecular weight is 361 g/mol. The number of nitrogens with one attached hydrogen (secondary N) is 3. The molecule has 23 heavy (non-hydrogen) atoms. The number of guanidine groups is 1. The Morgan fingerprint density at radius 2 is 2.04 bits per heavy atom. The lowest BCUT2D eigenvalue weighted by atomic mass is 10.1. The van der Waals surface area contributed by atoms with E-state index in [2.05, 4.69) is 20.3 Å². The number of rotatable bonds is 6. The van der Waals surface area contributed by atoms with Gasteiger partial charge in [0.1, 0.15) is 0 Å². The Kier molecular flexibility index (Phi) is 6.85. The van der Waals surface area contributed by atoms with E-state index in [1.54, 1.807) is 20.9 Å². The van der Waals surface area contributed by atoms with Crippen LogP contribution in [0.3, 0.4) is 0 Å². The molecule has 0 amide bonds. The van der Waals surface area contributed by atoms with Crippen LogP contribution in [0.15, 0.2) is 29.3 Å². The maximum Gasteiger partial charge on any atom is 0.209 e. The van der Waals surface area contributed by atoms with Crippen LogP contribution in [-0.4, -0.2) is 39.8 Å². The van der Waals surface area contributed by atoms with E-state index >= 15 is 0 Å². The third-order valence-corrected chi connectivity index (χ3v) is 4.24. The first-order valence-electron chi connectivity index (χ1n) is 7.24. The summed E-state index contributed by atoms with van der Waals surface area (Å²) in [5.74, 6) is 0.584. The van der Waals surface area contributed by atoms with Crippen molar-refractivity contribution >= 4 is 27.6 Å². The molecule has 0 heterocycles. The SMILES string of the molecule is CN=C(NCC(C)(C)NS(C)(=O)=O)NC(C)c1cccc(Cl)c1. The molecule has 0 fully saturated rings. The minimum Gasteiger partial charge on any atom is -0.355 e. The zero-order valence-electron chi connectivity index (χ0n) is 14.1. The fraction of sp³-hybridized carbons (Fsp3) is 0.533. The standard InChI is InChI=1S/C15H25ClN4O2S/c1-11(12-7-6-8-13(16)9-12)19-14(17-4)18-10-15(2,3)20-23(5,21)22/h6-9,11,20H,10H2,1-5H3,(H2,17,18,19). The van der Waals surface area contributed by atoms with E-state index in [4.69, 9.17) is 11.6 Å². The lowest BCUT2D eigenvalue weighted by Gasteiger charge is -2.27. The highest BCUT2D eigenvalue weighted by Gasteiger charge is 2.22. The Morgan fingerprint density at radius 3 is 2.57 bits per heavy atom. The minimum absolute atomic E-state index is 0.00544. The fourth-order valence-corrected chi connectivity index (χ4v) is 3.38. The molecule has 130 valence electrons. The zero-order chi connectivity index (χ0) is 17.7. The van der Waals surface area contributed by atoms with Crippen molar-refractivity contribution in [1.29, 1.82) is 0 Å². The molecule has 0 bridgehead atoms. The van der Waals surface area contributed by atoms with Gasteiger partial charge in [-0.2, -0.15) is 0 Å². The van der Waals surface area contributed by atoms with Gasteiger partial charge in [-0.15, -0.1) is 0 Å². The monoisotopic (exact) mass is 360 g/mol. The number of halogens is 1. The van der Waals surface area contributed by atoms with E-state index in [0.29, 0.717) is 17.5 Å². The van der Waals surface area contributed by atoms with E-state index in [1.165, 1.54) is 0 Å². The highest BCUT2D eigenvalue weighted by Crippen LogP contribution is 2.17. The van der Waals surface area contributed by atoms with Crippen LogP contribution in [0.25, 0.3) is 0 Å². The van der Waals surface area contributed by atoms with E-state index in [0.717, 1.165) is 11.8 Å². The molecule has 1 unspecified atom stereocenters. The fourth-order valence-electron chi connectivity index (χ4n) is 2.10. The van der Waals surface area contributed by atoms with Gasteiger partial charge in [0.15, 0.2) is 5.96 Å². The molecule has 1 aromatic carbocycles. The molecule has 6 nitrogen and oxygen atoms in total. The van der Waals surface area contributed by atoms with Gasteiger partial charge in [-0.05, 0) is 38.5 Å². The van der Waals surface area contributed by atoms with Crippen LogP contribution in [0.2, 0.25) is 5.02 Å². The highest BCUT2D eigenvalue weighted by molar-refractivity contribution is 7.88. The molecule has 0 saturated carbocycles. The van der Waals surface area contributed by atoms with E-state index in [9.17, 15) is 8.42 Å². The van der Waals surface area contributed by atoms with Crippen LogP contribution in [-0.2, 0) is 10.0 Å². The summed E-state index contributed by atoms with van der Waals surface area (Å²) in [5, 5.41) is 7.05. The van der Waals surface area contributed by atoms with Gasteiger partial charge < -0.3 is 10.6 Å². The molecule has 0 aliphatic carbocycles. The second-order valence-electron chi connectivity index (χ2n) is 6.10. The van der Waals surface area contributed by atoms with Gasteiger partial charge in [0, 0.05) is 24.2 Å². The average Bonchev–Trinajstić information content (AvgIpc) is 2.40. The summed E-state index contributed by atoms with van der Waals surface area (Å²) in [7, 11) is -1.61. The maximum absolute atomic E-state index is 11.4. The van der Waals surface area contributed by atoms with Crippen molar-refractivity contribution in [3.05, 3.63) is 34.9 Å². The Morgan fingerprint density at radius 1 is 1.39 bits per heavy atom. The first-order chi connectivity index (χ1) is 10.5. The Hall–Kier alpha value is -1.31. The van der Waals surface area contributed by atoms with Crippen LogP contribution in [0.1, 0.15) is 32.4 Å². The Balaban J connectivity index is 2.65. The molecule has 0 saturated heterocycles. The zero-order valence-corrected chi connectivity index (χ0v) is 15.7. The highest BCUT2D eigenvalue weighted by atomic mass is 35.5. The third-order valence-electron chi connectivity index (χ3n) is 3.08. The van der Waals surface area contributed by atoms with Crippen molar-refractivity contribution < 1.29 is 8.42 Å². The quantitative estimate of drug-likeness (QED) is 0.534. The maximum atomic E-state index is 11.4. The van der Waals surface area contributed by atoms with Gasteiger partial charge in [-0.1, -0.05) is 23.7 Å². The molecule has 3 N–H and O–H groups in total. The van der Waals surface area contributed by atoms with E-state index in [-0.39, 0.29) is 6.04 Å². The number of nitrogens with zero attached hydrogens (tertiary/aromatic N) is 1. The number of sulfonamides is 1. The van der Waals surface area contributed by atoms with E-state index in [1.807, 2.05) is 31.2 Å². The first-order valence-corrected chi connectivity index (χ1v) is 9.51. The van der Waals surface area contributed by atoms with Gasteiger partial charge in [0.25, 0.3) is 0 Å². The predicted molar refractivity (Wildman–Crippen MR) is 96.4 cm³/mol. The lowest BCUT2D eigenvalue weighted by Crippen LogP contribution is -2.53. The number of aliphatic imine (C=N–C) groups is 1. The molecule has 0 aromatic heterocycles. The molecule has 0 aliphatic rings. The molecular weight excluding hydrogens is 336 g/mol. The molecule has 8 heteroatoms. The topological polar surface area (TPSA) is 82.6 Å². The van der Waals surface area contributed by atoms with Gasteiger partial charge in [-0.25, -0.2) is 13.1 Å². The van der Waals surface area contributed by atoms with E-state index < -0.39 is 15.6 Å². The third kappa shape index (κ3) is 7.67. The van der Waals surface area contributed by atoms with Crippen molar-refractivity contribution in [2.75, 3.05) is 19.8 Å². The van der Waals surface area contributed by atoms with Crippen molar-refractivity contribution in [3.63, 3.8) is 0 Å². The molecule has 0 radical (unpaired) electrons. The number of benzene rings is 1. The van der Waals surface area contributed by atoms with Crippen molar-refractivity contribution in [2.24, 2.45) is 4.99 Å². The van der Waals surface area contributed by atoms with Gasteiger partial charge in [-0.3, -0.25) is 4.99 Å². The first kappa shape index (κ1) is 19.7. The largest absolute Gasteiger partial charge is 0.355 e. The number of hydrogen-bond donors (Lipinski definition) is 3. The summed E-state index contributed by atoms with van der Waals surface area (Å²) in [6, 6.07) is 7.59. The van der Waals surface area contributed by atoms with Gasteiger partial charge in [0.05, 0.1) is 12.3 Å². The summed E-state index contributed by atoms with van der Waals surface area (Å²) in [6.07, 6.45) is 1.14. The van der Waals surface area contributed by atoms with Crippen molar-refractivity contribution in [3.8, 4) is 0 Å². The summed E-state index contributed by atoms with van der Waals surface area (Å²) in [5.41, 5.74) is 0.402. The molecular formula is C15H25ClN4O2S. The number of hydrogen-bond acceptors (Lipinski definition) is 3. The van der Waals surface area contributed by atoms with Crippen molar-refractivity contribution in [1.82, 2.24) is 15.4 Å². The van der Waals surface area contributed by atoms with Crippen LogP contribution in [0, 0.1) is 0 Å². The Bertz CT molecular complexity index is 659. The van der Waals surface area contributed by atoms with Gasteiger partial charge in [0.2, 0.25) is 10.0 Å². The summed E-state index contributed by atoms with van der Waals surface area (Å²) < 4.78 is 25.3. The van der Waals surface area contributed by atoms with Crippen LogP contribution >= 0.6 is 11.6 Å². The summed E-state index contributed by atoms with van der Waals surface area (Å²) in [6.45, 7) is 5.99. The van der Waals surface area contributed by atoms with Crippen molar-refractivity contribution in [2.45, 2.75) is 32.4 Å². The molecule has 1 aromatic rings. The van der Waals surface area contributed by atoms with Crippen LogP contribution < -0.4 is 15.4 Å². The second kappa shape index (κ2) is 7.99. The van der Waals surface area contributed by atoms with Crippen LogP contribution in [0.5, 0.6) is 0 Å². The lowest BCUT2D eigenvalue weighted by molar-refractivity contribution is 0.445. The molecule has 0 aliphatic heterocycles. The molecule has 0 spiro atoms. The Labute approximate surface area is 143 Å². The second-order valence-corrected chi connectivity index (χ2v) is 8.29. The molecule has 1 rings (SSSR count). The smallest absolute Gasteiger partial charge is 0.209 e. The van der Waals surface area contributed by atoms with Crippen LogP contribution in [0.4, 0.5) is 0 Å². The summed E-state index contributed by atoms with van der Waals surface area (Å²) >= 11 is 6.00. The molecule has 1 atom stereocenters. The minimum atomic E-state index is -3.27. The van der Waals surface area contributed by atoms with Gasteiger partial charge >= 0.3 is 0 Å². The summed E-state index contributed by atoms with van der Waals surface area (Å²) in [4.78, 5) is 4.16. The normalized spacial score (nSPS) is 14.4.